The number of pyridine rings is 1. The number of rotatable bonds is 5. The van der Waals surface area contributed by atoms with Crippen LogP contribution in [-0.2, 0) is 4.79 Å². The normalized spacial score (nSPS) is 12.0. The second-order valence-electron chi connectivity index (χ2n) is 5.30. The Kier molecular flexibility index (Phi) is 5.35. The summed E-state index contributed by atoms with van der Waals surface area (Å²) in [6, 6.07) is 11.0. The molecule has 1 atom stereocenters. The SMILES string of the molecule is Cc1ccccc1-c1nnc(S[C@H](C)C(=O)Nc2ccc(Cl)cn2)o1. The summed E-state index contributed by atoms with van der Waals surface area (Å²) >= 11 is 6.96. The molecule has 0 spiro atoms. The van der Waals surface area contributed by atoms with Crippen LogP contribution in [0.4, 0.5) is 5.82 Å². The molecular formula is C17H15ClN4O2S. The van der Waals surface area contributed by atoms with Gasteiger partial charge in [0.25, 0.3) is 5.22 Å². The van der Waals surface area contributed by atoms with Crippen molar-refractivity contribution in [1.29, 1.82) is 0 Å². The molecule has 0 aliphatic carbocycles. The number of halogens is 1. The summed E-state index contributed by atoms with van der Waals surface area (Å²) in [6.07, 6.45) is 1.47. The molecule has 6 nitrogen and oxygen atoms in total. The predicted molar refractivity (Wildman–Crippen MR) is 97.7 cm³/mol. The van der Waals surface area contributed by atoms with Crippen LogP contribution in [0.15, 0.2) is 52.2 Å². The number of carbonyl (C=O) groups excluding carboxylic acids is 1. The standard InChI is InChI=1S/C17H15ClN4O2S/c1-10-5-3-4-6-13(10)16-21-22-17(24-16)25-11(2)15(23)20-14-8-7-12(18)9-19-14/h3-9,11H,1-2H3,(H,19,20,23)/t11-/m1/s1. The van der Waals surface area contributed by atoms with Gasteiger partial charge in [-0.3, -0.25) is 4.79 Å². The first-order valence-corrected chi connectivity index (χ1v) is 8.77. The van der Waals surface area contributed by atoms with E-state index in [1.165, 1.54) is 18.0 Å². The van der Waals surface area contributed by atoms with E-state index in [0.717, 1.165) is 11.1 Å². The number of aryl methyl sites for hydroxylation is 1. The van der Waals surface area contributed by atoms with Crippen LogP contribution in [0, 0.1) is 6.92 Å². The minimum absolute atomic E-state index is 0.213. The lowest BCUT2D eigenvalue weighted by atomic mass is 10.1. The van der Waals surface area contributed by atoms with Gasteiger partial charge in [0.05, 0.1) is 10.3 Å². The molecule has 25 heavy (non-hydrogen) atoms. The lowest BCUT2D eigenvalue weighted by Gasteiger charge is -2.09. The maximum absolute atomic E-state index is 12.2. The third-order valence-electron chi connectivity index (χ3n) is 3.41. The molecule has 3 rings (SSSR count). The first-order chi connectivity index (χ1) is 12.0. The number of aromatic nitrogens is 3. The predicted octanol–water partition coefficient (Wildman–Crippen LogP) is 4.21. The van der Waals surface area contributed by atoms with Crippen LogP contribution >= 0.6 is 23.4 Å². The molecule has 1 N–H and O–H groups in total. The van der Waals surface area contributed by atoms with Gasteiger partial charge in [0, 0.05) is 11.8 Å². The molecule has 0 aliphatic heterocycles. The van der Waals surface area contributed by atoms with Crippen LogP contribution < -0.4 is 5.32 Å². The Hall–Kier alpha value is -2.38. The number of anilines is 1. The monoisotopic (exact) mass is 374 g/mol. The van der Waals surface area contributed by atoms with Crippen molar-refractivity contribution in [2.75, 3.05) is 5.32 Å². The average Bonchev–Trinajstić information content (AvgIpc) is 3.05. The highest BCUT2D eigenvalue weighted by Gasteiger charge is 2.19. The van der Waals surface area contributed by atoms with Gasteiger partial charge >= 0.3 is 0 Å². The van der Waals surface area contributed by atoms with Crippen LogP contribution in [0.3, 0.4) is 0 Å². The van der Waals surface area contributed by atoms with Crippen molar-refractivity contribution in [1.82, 2.24) is 15.2 Å². The molecule has 0 aliphatic rings. The summed E-state index contributed by atoms with van der Waals surface area (Å²) in [7, 11) is 0. The molecule has 0 saturated heterocycles. The highest BCUT2D eigenvalue weighted by Crippen LogP contribution is 2.28. The fourth-order valence-electron chi connectivity index (χ4n) is 2.06. The molecule has 3 aromatic rings. The molecule has 0 saturated carbocycles. The summed E-state index contributed by atoms with van der Waals surface area (Å²) in [5.41, 5.74) is 1.92. The average molecular weight is 375 g/mol. The minimum atomic E-state index is -0.428. The number of nitrogens with one attached hydrogen (secondary N) is 1. The summed E-state index contributed by atoms with van der Waals surface area (Å²) in [4.78, 5) is 16.3. The van der Waals surface area contributed by atoms with E-state index in [1.807, 2.05) is 31.2 Å². The smallest absolute Gasteiger partial charge is 0.277 e. The Labute approximate surface area is 154 Å². The first-order valence-electron chi connectivity index (χ1n) is 7.51. The van der Waals surface area contributed by atoms with Crippen LogP contribution in [0.2, 0.25) is 5.02 Å². The number of hydrogen-bond acceptors (Lipinski definition) is 6. The molecule has 2 aromatic heterocycles. The van der Waals surface area contributed by atoms with Gasteiger partial charge in [0.2, 0.25) is 11.8 Å². The Morgan fingerprint density at radius 2 is 2.04 bits per heavy atom. The molecule has 1 amide bonds. The summed E-state index contributed by atoms with van der Waals surface area (Å²) in [5.74, 6) is 0.663. The summed E-state index contributed by atoms with van der Waals surface area (Å²) in [6.45, 7) is 3.73. The number of hydrogen-bond donors (Lipinski definition) is 1. The number of amides is 1. The van der Waals surface area contributed by atoms with Gasteiger partial charge in [0.15, 0.2) is 0 Å². The maximum Gasteiger partial charge on any atom is 0.277 e. The molecule has 2 heterocycles. The number of nitrogens with zero attached hydrogens (tertiary/aromatic N) is 3. The Morgan fingerprint density at radius 1 is 1.24 bits per heavy atom. The van der Waals surface area contributed by atoms with Crippen LogP contribution in [0.1, 0.15) is 12.5 Å². The van der Waals surface area contributed by atoms with Gasteiger partial charge in [0.1, 0.15) is 5.82 Å². The van der Waals surface area contributed by atoms with E-state index < -0.39 is 5.25 Å². The third kappa shape index (κ3) is 4.37. The zero-order chi connectivity index (χ0) is 17.8. The van der Waals surface area contributed by atoms with E-state index in [4.69, 9.17) is 16.0 Å². The topological polar surface area (TPSA) is 80.9 Å². The largest absolute Gasteiger partial charge is 0.411 e. The minimum Gasteiger partial charge on any atom is -0.411 e. The molecule has 1 aromatic carbocycles. The molecule has 0 unspecified atom stereocenters. The number of carbonyl (C=O) groups is 1. The molecule has 0 fully saturated rings. The third-order valence-corrected chi connectivity index (χ3v) is 4.57. The van der Waals surface area contributed by atoms with Gasteiger partial charge in [-0.25, -0.2) is 4.98 Å². The van der Waals surface area contributed by atoms with Crippen molar-refractivity contribution in [3.63, 3.8) is 0 Å². The molecule has 8 heteroatoms. The van der Waals surface area contributed by atoms with Crippen molar-refractivity contribution >= 4 is 35.1 Å². The lowest BCUT2D eigenvalue weighted by Crippen LogP contribution is -2.22. The van der Waals surface area contributed by atoms with Crippen LogP contribution in [0.25, 0.3) is 11.5 Å². The van der Waals surface area contributed by atoms with E-state index in [2.05, 4.69) is 20.5 Å². The zero-order valence-corrected chi connectivity index (χ0v) is 15.1. The van der Waals surface area contributed by atoms with E-state index in [9.17, 15) is 4.79 Å². The molecule has 128 valence electrons. The van der Waals surface area contributed by atoms with Gasteiger partial charge in [-0.1, -0.05) is 41.6 Å². The zero-order valence-electron chi connectivity index (χ0n) is 13.6. The van der Waals surface area contributed by atoms with Crippen molar-refractivity contribution in [3.8, 4) is 11.5 Å². The summed E-state index contributed by atoms with van der Waals surface area (Å²) in [5, 5.41) is 11.2. The van der Waals surface area contributed by atoms with Gasteiger partial charge < -0.3 is 9.73 Å². The maximum atomic E-state index is 12.2. The van der Waals surface area contributed by atoms with Gasteiger partial charge in [-0.05, 0) is 37.6 Å². The van der Waals surface area contributed by atoms with E-state index >= 15 is 0 Å². The molecule has 0 bridgehead atoms. The quantitative estimate of drug-likeness (QED) is 0.673. The Balaban J connectivity index is 1.65. The van der Waals surface area contributed by atoms with Crippen LogP contribution in [-0.4, -0.2) is 26.3 Å². The fraction of sp³-hybridized carbons (Fsp3) is 0.176. The first kappa shape index (κ1) is 17.4. The second-order valence-corrected chi connectivity index (χ2v) is 7.03. The Morgan fingerprint density at radius 3 is 2.76 bits per heavy atom. The van der Waals surface area contributed by atoms with E-state index in [-0.39, 0.29) is 5.91 Å². The molecular weight excluding hydrogens is 360 g/mol. The highest BCUT2D eigenvalue weighted by molar-refractivity contribution is 8.00. The van der Waals surface area contributed by atoms with E-state index in [1.54, 1.807) is 19.1 Å². The number of thioether (sulfide) groups is 1. The lowest BCUT2D eigenvalue weighted by molar-refractivity contribution is -0.115. The highest BCUT2D eigenvalue weighted by atomic mass is 35.5. The van der Waals surface area contributed by atoms with Crippen LogP contribution in [0.5, 0.6) is 0 Å². The van der Waals surface area contributed by atoms with Gasteiger partial charge in [-0.2, -0.15) is 0 Å². The van der Waals surface area contributed by atoms with Crippen molar-refractivity contribution < 1.29 is 9.21 Å². The van der Waals surface area contributed by atoms with Crippen molar-refractivity contribution in [2.45, 2.75) is 24.3 Å². The fourth-order valence-corrected chi connectivity index (χ4v) is 2.86. The van der Waals surface area contributed by atoms with Gasteiger partial charge in [-0.15, -0.1) is 10.2 Å². The van der Waals surface area contributed by atoms with E-state index in [0.29, 0.717) is 22.0 Å². The Bertz CT molecular complexity index is 882. The van der Waals surface area contributed by atoms with Crippen molar-refractivity contribution in [2.24, 2.45) is 0 Å². The van der Waals surface area contributed by atoms with Crippen molar-refractivity contribution in [3.05, 3.63) is 53.2 Å². The number of benzene rings is 1. The molecule has 0 radical (unpaired) electrons. The summed E-state index contributed by atoms with van der Waals surface area (Å²) < 4.78 is 5.66. The second kappa shape index (κ2) is 7.67.